The number of aromatic amines is 1. The molecule has 1 amide bonds. The van der Waals surface area contributed by atoms with Crippen molar-refractivity contribution in [1.82, 2.24) is 14.5 Å². The number of nitrogens with one attached hydrogen (secondary N) is 2. The van der Waals surface area contributed by atoms with Gasteiger partial charge in [-0.2, -0.15) is 0 Å². The number of para-hydroxylation sites is 2. The van der Waals surface area contributed by atoms with Crippen molar-refractivity contribution in [3.05, 3.63) is 64.4 Å². The van der Waals surface area contributed by atoms with Gasteiger partial charge in [0, 0.05) is 17.4 Å². The first-order valence-electron chi connectivity index (χ1n) is 10.2. The van der Waals surface area contributed by atoms with Crippen LogP contribution in [0.4, 0.5) is 5.69 Å². The summed E-state index contributed by atoms with van der Waals surface area (Å²) in [6.07, 6.45) is 0. The number of hydrogen-bond acceptors (Lipinski definition) is 6. The maximum atomic E-state index is 13.0. The molecule has 2 N–H and O–H groups in total. The minimum absolute atomic E-state index is 0.0253. The Morgan fingerprint density at radius 1 is 1.12 bits per heavy atom. The summed E-state index contributed by atoms with van der Waals surface area (Å²) < 4.78 is 6.59. The number of amides is 1. The predicted molar refractivity (Wildman–Crippen MR) is 125 cm³/mol. The molecule has 32 heavy (non-hydrogen) atoms. The van der Waals surface area contributed by atoms with Crippen LogP contribution in [0.1, 0.15) is 24.2 Å². The average molecular weight is 451 g/mol. The Morgan fingerprint density at radius 2 is 1.88 bits per heavy atom. The minimum atomic E-state index is -0.498. The van der Waals surface area contributed by atoms with E-state index in [1.807, 2.05) is 31.2 Å². The molecule has 0 saturated carbocycles. The lowest BCUT2D eigenvalue weighted by Crippen LogP contribution is -2.23. The highest BCUT2D eigenvalue weighted by molar-refractivity contribution is 7.99. The molecule has 0 radical (unpaired) electrons. The maximum Gasteiger partial charge on any atom is 0.340 e. The van der Waals surface area contributed by atoms with Gasteiger partial charge in [0.05, 0.1) is 23.6 Å². The molecule has 0 unspecified atom stereocenters. The van der Waals surface area contributed by atoms with Crippen LogP contribution in [0, 0.1) is 0 Å². The molecule has 164 valence electrons. The van der Waals surface area contributed by atoms with Crippen LogP contribution in [0.25, 0.3) is 21.9 Å². The Bertz CT molecular complexity index is 1380. The SMILES string of the molecule is CCOC(=O)c1ccccc1NC(=O)CSc1nc2c([nH]c3ccccc32)c(=O)n1CC. The van der Waals surface area contributed by atoms with Crippen LogP contribution >= 0.6 is 11.8 Å². The summed E-state index contributed by atoms with van der Waals surface area (Å²) in [5.41, 5.74) is 2.37. The zero-order valence-corrected chi connectivity index (χ0v) is 18.5. The fourth-order valence-electron chi connectivity index (χ4n) is 3.46. The molecular weight excluding hydrogens is 428 g/mol. The lowest BCUT2D eigenvalue weighted by atomic mass is 10.2. The molecule has 2 aromatic heterocycles. The van der Waals surface area contributed by atoms with Gasteiger partial charge in [-0.1, -0.05) is 42.1 Å². The molecule has 8 nitrogen and oxygen atoms in total. The summed E-state index contributed by atoms with van der Waals surface area (Å²) in [6.45, 7) is 4.25. The predicted octanol–water partition coefficient (Wildman–Crippen LogP) is 3.81. The fraction of sp³-hybridized carbons (Fsp3) is 0.217. The number of esters is 1. The Labute approximate surface area is 188 Å². The number of carbonyl (C=O) groups is 2. The Kier molecular flexibility index (Phi) is 6.27. The first-order valence-corrected chi connectivity index (χ1v) is 11.2. The van der Waals surface area contributed by atoms with Gasteiger partial charge in [0.15, 0.2) is 5.16 Å². The van der Waals surface area contributed by atoms with Gasteiger partial charge in [-0.25, -0.2) is 9.78 Å². The third-order valence-corrected chi connectivity index (χ3v) is 5.90. The van der Waals surface area contributed by atoms with Gasteiger partial charge in [-0.3, -0.25) is 14.2 Å². The fourth-order valence-corrected chi connectivity index (χ4v) is 4.32. The second-order valence-corrected chi connectivity index (χ2v) is 7.88. The molecule has 0 aliphatic heterocycles. The number of carbonyl (C=O) groups excluding carboxylic acids is 2. The molecule has 0 spiro atoms. The van der Waals surface area contributed by atoms with Crippen LogP contribution in [0.5, 0.6) is 0 Å². The van der Waals surface area contributed by atoms with Crippen LogP contribution in [-0.2, 0) is 16.1 Å². The molecule has 9 heteroatoms. The van der Waals surface area contributed by atoms with E-state index in [0.717, 1.165) is 10.9 Å². The second kappa shape index (κ2) is 9.27. The van der Waals surface area contributed by atoms with Crippen molar-refractivity contribution in [3.8, 4) is 0 Å². The highest BCUT2D eigenvalue weighted by atomic mass is 32.2. The molecule has 0 aliphatic carbocycles. The number of hydrogen-bond donors (Lipinski definition) is 2. The maximum absolute atomic E-state index is 13.0. The summed E-state index contributed by atoms with van der Waals surface area (Å²) in [4.78, 5) is 45.6. The summed E-state index contributed by atoms with van der Waals surface area (Å²) >= 11 is 1.17. The van der Waals surface area contributed by atoms with Crippen molar-refractivity contribution in [2.75, 3.05) is 17.7 Å². The first kappa shape index (κ1) is 21.6. The van der Waals surface area contributed by atoms with E-state index >= 15 is 0 Å². The van der Waals surface area contributed by atoms with Gasteiger partial charge in [-0.05, 0) is 32.0 Å². The van der Waals surface area contributed by atoms with Gasteiger partial charge < -0.3 is 15.0 Å². The van der Waals surface area contributed by atoms with Crippen molar-refractivity contribution in [2.24, 2.45) is 0 Å². The van der Waals surface area contributed by atoms with Gasteiger partial charge in [-0.15, -0.1) is 0 Å². The van der Waals surface area contributed by atoms with Gasteiger partial charge >= 0.3 is 5.97 Å². The van der Waals surface area contributed by atoms with Crippen LogP contribution in [0.3, 0.4) is 0 Å². The van der Waals surface area contributed by atoms with Crippen LogP contribution < -0.4 is 10.9 Å². The van der Waals surface area contributed by atoms with Crippen molar-refractivity contribution in [1.29, 1.82) is 0 Å². The monoisotopic (exact) mass is 450 g/mol. The third kappa shape index (κ3) is 4.11. The zero-order valence-electron chi connectivity index (χ0n) is 17.7. The van der Waals surface area contributed by atoms with E-state index in [1.165, 1.54) is 11.8 Å². The van der Waals surface area contributed by atoms with Crippen LogP contribution in [0.2, 0.25) is 0 Å². The normalized spacial score (nSPS) is 11.1. The standard InChI is InChI=1S/C23H22N4O4S/c1-3-27-21(29)20-19(14-9-5-7-11-16(14)25-20)26-23(27)32-13-18(28)24-17-12-8-6-10-15(17)22(30)31-4-2/h5-12,25H,3-4,13H2,1-2H3,(H,24,28). The number of thioether (sulfide) groups is 1. The van der Waals surface area contributed by atoms with Gasteiger partial charge in [0.25, 0.3) is 5.56 Å². The second-order valence-electron chi connectivity index (χ2n) is 6.94. The number of benzene rings is 2. The molecule has 2 heterocycles. The largest absolute Gasteiger partial charge is 0.462 e. The van der Waals surface area contributed by atoms with E-state index in [9.17, 15) is 14.4 Å². The number of nitrogens with zero attached hydrogens (tertiary/aromatic N) is 2. The number of H-pyrrole nitrogens is 1. The molecule has 0 saturated heterocycles. The lowest BCUT2D eigenvalue weighted by molar-refractivity contribution is -0.113. The Balaban J connectivity index is 1.58. The van der Waals surface area contributed by atoms with E-state index in [2.05, 4.69) is 15.3 Å². The summed E-state index contributed by atoms with van der Waals surface area (Å²) in [5, 5.41) is 4.07. The number of fused-ring (bicyclic) bond motifs is 3. The number of aromatic nitrogens is 3. The first-order chi connectivity index (χ1) is 15.5. The number of ether oxygens (including phenoxy) is 1. The highest BCUT2D eigenvalue weighted by Gasteiger charge is 2.17. The van der Waals surface area contributed by atoms with Crippen LogP contribution in [-0.4, -0.2) is 38.8 Å². The number of anilines is 1. The van der Waals surface area contributed by atoms with Crippen molar-refractivity contribution in [2.45, 2.75) is 25.5 Å². The summed E-state index contributed by atoms with van der Waals surface area (Å²) in [6, 6.07) is 14.3. The number of rotatable bonds is 7. The molecular formula is C23H22N4O4S. The summed E-state index contributed by atoms with van der Waals surface area (Å²) in [7, 11) is 0. The van der Waals surface area contributed by atoms with Crippen molar-refractivity contribution in [3.63, 3.8) is 0 Å². The molecule has 2 aromatic carbocycles. The molecule has 0 atom stereocenters. The topological polar surface area (TPSA) is 106 Å². The smallest absolute Gasteiger partial charge is 0.340 e. The van der Waals surface area contributed by atoms with E-state index < -0.39 is 5.97 Å². The molecule has 4 aromatic rings. The van der Waals surface area contributed by atoms with Gasteiger partial charge in [0.1, 0.15) is 11.0 Å². The van der Waals surface area contributed by atoms with Gasteiger partial charge in [0.2, 0.25) is 5.91 Å². The van der Waals surface area contributed by atoms with E-state index in [0.29, 0.717) is 28.4 Å². The van der Waals surface area contributed by atoms with E-state index in [4.69, 9.17) is 4.74 Å². The Hall–Kier alpha value is -3.59. The summed E-state index contributed by atoms with van der Waals surface area (Å²) in [5.74, 6) is -0.790. The molecule has 0 fully saturated rings. The Morgan fingerprint density at radius 3 is 2.66 bits per heavy atom. The van der Waals surface area contributed by atoms with Crippen LogP contribution in [0.15, 0.2) is 58.5 Å². The van der Waals surface area contributed by atoms with Crippen molar-refractivity contribution < 1.29 is 14.3 Å². The lowest BCUT2D eigenvalue weighted by Gasteiger charge is -2.12. The minimum Gasteiger partial charge on any atom is -0.462 e. The zero-order chi connectivity index (χ0) is 22.7. The quantitative estimate of drug-likeness (QED) is 0.252. The van der Waals surface area contributed by atoms with Crippen molar-refractivity contribution >= 4 is 51.3 Å². The highest BCUT2D eigenvalue weighted by Crippen LogP contribution is 2.25. The molecule has 4 rings (SSSR count). The van der Waals surface area contributed by atoms with E-state index in [-0.39, 0.29) is 29.4 Å². The molecule has 0 bridgehead atoms. The average Bonchev–Trinajstić information content (AvgIpc) is 3.17. The van der Waals surface area contributed by atoms with E-state index in [1.54, 1.807) is 35.8 Å². The molecule has 0 aliphatic rings. The third-order valence-electron chi connectivity index (χ3n) is 4.92.